The third-order valence-electron chi connectivity index (χ3n) is 3.14. The second-order valence-corrected chi connectivity index (χ2v) is 3.81. The number of primary amides is 1. The zero-order valence-electron chi connectivity index (χ0n) is 9.23. The van der Waals surface area contributed by atoms with Crippen LogP contribution in [0.25, 0.3) is 0 Å². The summed E-state index contributed by atoms with van der Waals surface area (Å²) in [7, 11) is 0. The highest BCUT2D eigenvalue weighted by molar-refractivity contribution is 5.80. The van der Waals surface area contributed by atoms with Gasteiger partial charge in [-0.25, -0.2) is 0 Å². The standard InChI is InChI=1S/C11H23NO/c1-4-7-8-9-11(5-2,6-3)10(12)13/h4-9H2,1-3H3,(H2,12,13). The minimum atomic E-state index is -0.227. The molecule has 0 spiro atoms. The second-order valence-electron chi connectivity index (χ2n) is 3.81. The Hall–Kier alpha value is -0.530. The molecular formula is C11H23NO. The first-order valence-electron chi connectivity index (χ1n) is 5.42. The average Bonchev–Trinajstić information content (AvgIpc) is 2.13. The molecule has 0 aromatic carbocycles. The molecule has 13 heavy (non-hydrogen) atoms. The van der Waals surface area contributed by atoms with E-state index in [-0.39, 0.29) is 11.3 Å². The highest BCUT2D eigenvalue weighted by Gasteiger charge is 2.31. The molecule has 0 aliphatic rings. The van der Waals surface area contributed by atoms with Crippen LogP contribution in [0.15, 0.2) is 0 Å². The molecule has 2 heteroatoms. The first-order valence-corrected chi connectivity index (χ1v) is 5.42. The van der Waals surface area contributed by atoms with Crippen molar-refractivity contribution < 1.29 is 4.79 Å². The SMILES string of the molecule is CCCCCC(CC)(CC)C(N)=O. The Morgan fingerprint density at radius 3 is 2.00 bits per heavy atom. The summed E-state index contributed by atoms with van der Waals surface area (Å²) >= 11 is 0. The molecule has 78 valence electrons. The van der Waals surface area contributed by atoms with Crippen LogP contribution < -0.4 is 5.73 Å². The zero-order valence-corrected chi connectivity index (χ0v) is 9.23. The van der Waals surface area contributed by atoms with Crippen LogP contribution in [0.2, 0.25) is 0 Å². The Morgan fingerprint density at radius 2 is 1.69 bits per heavy atom. The number of hydrogen-bond acceptors (Lipinski definition) is 1. The molecule has 2 nitrogen and oxygen atoms in total. The molecular weight excluding hydrogens is 162 g/mol. The topological polar surface area (TPSA) is 43.1 Å². The van der Waals surface area contributed by atoms with Crippen LogP contribution in [-0.2, 0) is 4.79 Å². The molecule has 0 aliphatic heterocycles. The Labute approximate surface area is 81.9 Å². The molecule has 0 aliphatic carbocycles. The van der Waals surface area contributed by atoms with E-state index in [2.05, 4.69) is 20.8 Å². The van der Waals surface area contributed by atoms with Gasteiger partial charge in [0.15, 0.2) is 0 Å². The minimum absolute atomic E-state index is 0.117. The van der Waals surface area contributed by atoms with Gasteiger partial charge in [0, 0.05) is 5.41 Å². The van der Waals surface area contributed by atoms with Crippen LogP contribution in [0.1, 0.15) is 59.3 Å². The lowest BCUT2D eigenvalue weighted by Crippen LogP contribution is -2.36. The molecule has 0 aromatic heterocycles. The average molecular weight is 185 g/mol. The minimum Gasteiger partial charge on any atom is -0.369 e. The highest BCUT2D eigenvalue weighted by Crippen LogP contribution is 2.32. The maximum Gasteiger partial charge on any atom is 0.223 e. The van der Waals surface area contributed by atoms with E-state index in [0.29, 0.717) is 0 Å². The summed E-state index contributed by atoms with van der Waals surface area (Å²) in [6, 6.07) is 0. The lowest BCUT2D eigenvalue weighted by atomic mass is 9.77. The molecule has 0 atom stereocenters. The quantitative estimate of drug-likeness (QED) is 0.609. The molecule has 0 fully saturated rings. The molecule has 0 bridgehead atoms. The van der Waals surface area contributed by atoms with Crippen LogP contribution in [-0.4, -0.2) is 5.91 Å². The van der Waals surface area contributed by atoms with Gasteiger partial charge in [-0.3, -0.25) is 4.79 Å². The summed E-state index contributed by atoms with van der Waals surface area (Å²) in [6.45, 7) is 6.28. The Morgan fingerprint density at radius 1 is 1.15 bits per heavy atom. The zero-order chi connectivity index (χ0) is 10.3. The lowest BCUT2D eigenvalue weighted by Gasteiger charge is -2.27. The van der Waals surface area contributed by atoms with Gasteiger partial charge in [0.25, 0.3) is 0 Å². The molecule has 0 saturated carbocycles. The van der Waals surface area contributed by atoms with Crippen molar-refractivity contribution in [1.29, 1.82) is 0 Å². The van der Waals surface area contributed by atoms with Gasteiger partial charge < -0.3 is 5.73 Å². The third-order valence-corrected chi connectivity index (χ3v) is 3.14. The van der Waals surface area contributed by atoms with Crippen LogP contribution in [0.5, 0.6) is 0 Å². The van der Waals surface area contributed by atoms with E-state index in [1.165, 1.54) is 12.8 Å². The first kappa shape index (κ1) is 12.5. The predicted octanol–water partition coefficient (Wildman–Crippen LogP) is 2.86. The highest BCUT2D eigenvalue weighted by atomic mass is 16.1. The number of rotatable bonds is 7. The van der Waals surface area contributed by atoms with Crippen LogP contribution in [0, 0.1) is 5.41 Å². The number of carbonyl (C=O) groups excluding carboxylic acids is 1. The van der Waals surface area contributed by atoms with Crippen LogP contribution in [0.3, 0.4) is 0 Å². The van der Waals surface area contributed by atoms with Crippen molar-refractivity contribution in [2.24, 2.45) is 11.1 Å². The molecule has 0 unspecified atom stereocenters. The molecule has 0 saturated heterocycles. The van der Waals surface area contributed by atoms with Crippen molar-refractivity contribution >= 4 is 5.91 Å². The van der Waals surface area contributed by atoms with E-state index in [4.69, 9.17) is 5.73 Å². The first-order chi connectivity index (χ1) is 6.13. The third kappa shape index (κ3) is 3.37. The van der Waals surface area contributed by atoms with E-state index in [9.17, 15) is 4.79 Å². The number of nitrogens with two attached hydrogens (primary N) is 1. The lowest BCUT2D eigenvalue weighted by molar-refractivity contribution is -0.128. The number of hydrogen-bond donors (Lipinski definition) is 1. The van der Waals surface area contributed by atoms with Gasteiger partial charge in [-0.05, 0) is 19.3 Å². The van der Waals surface area contributed by atoms with Crippen molar-refractivity contribution in [3.05, 3.63) is 0 Å². The Balaban J connectivity index is 4.14. The Kier molecular flexibility index (Phi) is 5.76. The monoisotopic (exact) mass is 185 g/mol. The predicted molar refractivity (Wildman–Crippen MR) is 56.4 cm³/mol. The van der Waals surface area contributed by atoms with Crippen molar-refractivity contribution in [2.45, 2.75) is 59.3 Å². The van der Waals surface area contributed by atoms with Crippen LogP contribution >= 0.6 is 0 Å². The molecule has 0 aromatic rings. The fourth-order valence-corrected chi connectivity index (χ4v) is 1.79. The van der Waals surface area contributed by atoms with E-state index >= 15 is 0 Å². The summed E-state index contributed by atoms with van der Waals surface area (Å²) in [5.74, 6) is -0.117. The van der Waals surface area contributed by atoms with Gasteiger partial charge in [0.05, 0.1) is 0 Å². The van der Waals surface area contributed by atoms with Gasteiger partial charge in [0.2, 0.25) is 5.91 Å². The van der Waals surface area contributed by atoms with Gasteiger partial charge in [0.1, 0.15) is 0 Å². The summed E-state index contributed by atoms with van der Waals surface area (Å²) in [5, 5.41) is 0. The second kappa shape index (κ2) is 6.01. The number of carbonyl (C=O) groups is 1. The number of unbranched alkanes of at least 4 members (excludes halogenated alkanes) is 2. The van der Waals surface area contributed by atoms with Gasteiger partial charge >= 0.3 is 0 Å². The fraction of sp³-hybridized carbons (Fsp3) is 0.909. The molecule has 2 N–H and O–H groups in total. The van der Waals surface area contributed by atoms with Crippen molar-refractivity contribution in [3.8, 4) is 0 Å². The summed E-state index contributed by atoms with van der Waals surface area (Å²) in [5.41, 5.74) is 5.21. The van der Waals surface area contributed by atoms with Crippen molar-refractivity contribution in [1.82, 2.24) is 0 Å². The van der Waals surface area contributed by atoms with E-state index < -0.39 is 0 Å². The molecule has 0 radical (unpaired) electrons. The molecule has 0 rings (SSSR count). The largest absolute Gasteiger partial charge is 0.369 e. The Bertz CT molecular complexity index is 150. The number of amides is 1. The van der Waals surface area contributed by atoms with Gasteiger partial charge in [-0.2, -0.15) is 0 Å². The molecule has 0 heterocycles. The maximum atomic E-state index is 11.3. The van der Waals surface area contributed by atoms with Crippen LogP contribution in [0.4, 0.5) is 0 Å². The van der Waals surface area contributed by atoms with E-state index in [1.807, 2.05) is 0 Å². The maximum absolute atomic E-state index is 11.3. The summed E-state index contributed by atoms with van der Waals surface area (Å²) < 4.78 is 0. The van der Waals surface area contributed by atoms with Crippen molar-refractivity contribution in [3.63, 3.8) is 0 Å². The van der Waals surface area contributed by atoms with E-state index in [0.717, 1.165) is 25.7 Å². The van der Waals surface area contributed by atoms with E-state index in [1.54, 1.807) is 0 Å². The fourth-order valence-electron chi connectivity index (χ4n) is 1.79. The summed E-state index contributed by atoms with van der Waals surface area (Å²) in [4.78, 5) is 11.3. The van der Waals surface area contributed by atoms with Crippen molar-refractivity contribution in [2.75, 3.05) is 0 Å². The smallest absolute Gasteiger partial charge is 0.223 e. The molecule has 1 amide bonds. The summed E-state index contributed by atoms with van der Waals surface area (Å²) in [6.07, 6.45) is 6.24. The van der Waals surface area contributed by atoms with Gasteiger partial charge in [-0.1, -0.05) is 40.0 Å². The van der Waals surface area contributed by atoms with Gasteiger partial charge in [-0.15, -0.1) is 0 Å². The normalized spacial score (nSPS) is 11.6.